The van der Waals surface area contributed by atoms with Crippen molar-refractivity contribution in [2.75, 3.05) is 25.2 Å². The van der Waals surface area contributed by atoms with Gasteiger partial charge in [0, 0.05) is 35.3 Å². The number of hydrogen-bond donors (Lipinski definition) is 1. The smallest absolute Gasteiger partial charge is 0.253 e. The van der Waals surface area contributed by atoms with Gasteiger partial charge in [0.1, 0.15) is 0 Å². The van der Waals surface area contributed by atoms with Crippen molar-refractivity contribution in [3.63, 3.8) is 0 Å². The number of nitrogens with zero attached hydrogens (tertiary/aromatic N) is 1. The lowest BCUT2D eigenvalue weighted by atomic mass is 9.95. The number of halogens is 1. The maximum Gasteiger partial charge on any atom is 0.253 e. The van der Waals surface area contributed by atoms with Gasteiger partial charge in [0.15, 0.2) is 11.5 Å². The predicted octanol–water partition coefficient (Wildman–Crippen LogP) is 3.56. The van der Waals surface area contributed by atoms with Gasteiger partial charge in [-0.05, 0) is 55.3 Å². The van der Waals surface area contributed by atoms with E-state index < -0.39 is 0 Å². The number of fused-ring (bicyclic) bond motifs is 1. The van der Waals surface area contributed by atoms with Gasteiger partial charge in [-0.1, -0.05) is 11.6 Å². The van der Waals surface area contributed by atoms with E-state index in [1.165, 1.54) is 0 Å². The third-order valence-corrected chi connectivity index (χ3v) is 5.14. The number of amides is 2. The number of rotatable bonds is 3. The maximum atomic E-state index is 12.7. The van der Waals surface area contributed by atoms with Gasteiger partial charge in [0.05, 0.1) is 0 Å². The Kier molecular flexibility index (Phi) is 4.90. The average molecular weight is 387 g/mol. The van der Waals surface area contributed by atoms with Gasteiger partial charge >= 0.3 is 0 Å². The SMILES string of the molecule is O=C(Nc1ccc(Cl)cc1)C1CCN(C(=O)c2ccc3c(c2)OCO3)CC1. The number of carbonyl (C=O) groups excluding carboxylic acids is 2. The second-order valence-corrected chi connectivity index (χ2v) is 7.07. The van der Waals surface area contributed by atoms with Crippen molar-refractivity contribution in [3.05, 3.63) is 53.1 Å². The summed E-state index contributed by atoms with van der Waals surface area (Å²) in [5.74, 6) is 1.07. The number of carbonyl (C=O) groups is 2. The molecule has 2 aliphatic rings. The monoisotopic (exact) mass is 386 g/mol. The molecule has 2 heterocycles. The van der Waals surface area contributed by atoms with Gasteiger partial charge in [-0.2, -0.15) is 0 Å². The molecule has 2 amide bonds. The second-order valence-electron chi connectivity index (χ2n) is 6.63. The Hall–Kier alpha value is -2.73. The summed E-state index contributed by atoms with van der Waals surface area (Å²) in [6, 6.07) is 12.2. The normalized spacial score (nSPS) is 16.3. The zero-order valence-corrected chi connectivity index (χ0v) is 15.4. The molecule has 0 spiro atoms. The summed E-state index contributed by atoms with van der Waals surface area (Å²) in [5, 5.41) is 3.54. The van der Waals surface area contributed by atoms with E-state index in [1.54, 1.807) is 47.4 Å². The molecule has 0 unspecified atom stereocenters. The van der Waals surface area contributed by atoms with Crippen molar-refractivity contribution in [2.24, 2.45) is 5.92 Å². The number of hydrogen-bond acceptors (Lipinski definition) is 4. The average Bonchev–Trinajstić information content (AvgIpc) is 3.17. The largest absolute Gasteiger partial charge is 0.454 e. The zero-order chi connectivity index (χ0) is 18.8. The molecule has 0 saturated carbocycles. The number of anilines is 1. The maximum absolute atomic E-state index is 12.7. The molecule has 0 aromatic heterocycles. The van der Waals surface area contributed by atoms with Crippen LogP contribution in [-0.4, -0.2) is 36.6 Å². The van der Waals surface area contributed by atoms with E-state index in [0.29, 0.717) is 48.0 Å². The molecule has 2 aliphatic heterocycles. The summed E-state index contributed by atoms with van der Waals surface area (Å²) in [6.07, 6.45) is 1.27. The van der Waals surface area contributed by atoms with Gasteiger partial charge in [-0.15, -0.1) is 0 Å². The van der Waals surface area contributed by atoms with Crippen LogP contribution in [0.4, 0.5) is 5.69 Å². The van der Waals surface area contributed by atoms with Crippen molar-refractivity contribution >= 4 is 29.1 Å². The molecule has 7 heteroatoms. The van der Waals surface area contributed by atoms with Gasteiger partial charge in [0.25, 0.3) is 5.91 Å². The minimum absolute atomic E-state index is 0.0208. The number of likely N-dealkylation sites (tertiary alicyclic amines) is 1. The van der Waals surface area contributed by atoms with E-state index in [9.17, 15) is 9.59 Å². The molecule has 2 aromatic carbocycles. The lowest BCUT2D eigenvalue weighted by Crippen LogP contribution is -2.41. The van der Waals surface area contributed by atoms with Crippen molar-refractivity contribution in [1.29, 1.82) is 0 Å². The Morgan fingerprint density at radius 2 is 1.70 bits per heavy atom. The van der Waals surface area contributed by atoms with Gasteiger partial charge < -0.3 is 19.7 Å². The van der Waals surface area contributed by atoms with Crippen LogP contribution < -0.4 is 14.8 Å². The van der Waals surface area contributed by atoms with Gasteiger partial charge in [-0.25, -0.2) is 0 Å². The van der Waals surface area contributed by atoms with Crippen LogP contribution >= 0.6 is 11.6 Å². The third kappa shape index (κ3) is 3.85. The molecule has 1 saturated heterocycles. The fourth-order valence-electron chi connectivity index (χ4n) is 3.33. The number of ether oxygens (including phenoxy) is 2. The van der Waals surface area contributed by atoms with E-state index in [4.69, 9.17) is 21.1 Å². The van der Waals surface area contributed by atoms with Crippen molar-refractivity contribution < 1.29 is 19.1 Å². The van der Waals surface area contributed by atoms with Crippen LogP contribution in [0.25, 0.3) is 0 Å². The van der Waals surface area contributed by atoms with Crippen molar-refractivity contribution in [1.82, 2.24) is 4.90 Å². The Labute approximate surface area is 162 Å². The molecular weight excluding hydrogens is 368 g/mol. The quantitative estimate of drug-likeness (QED) is 0.875. The van der Waals surface area contributed by atoms with E-state index in [0.717, 1.165) is 5.69 Å². The predicted molar refractivity (Wildman–Crippen MR) is 101 cm³/mol. The topological polar surface area (TPSA) is 67.9 Å². The lowest BCUT2D eigenvalue weighted by molar-refractivity contribution is -0.121. The minimum atomic E-state index is -0.110. The highest BCUT2D eigenvalue weighted by atomic mass is 35.5. The van der Waals surface area contributed by atoms with E-state index in [2.05, 4.69) is 5.32 Å². The first-order valence-electron chi connectivity index (χ1n) is 8.85. The van der Waals surface area contributed by atoms with Crippen LogP contribution in [-0.2, 0) is 4.79 Å². The molecule has 6 nitrogen and oxygen atoms in total. The Balaban J connectivity index is 1.33. The van der Waals surface area contributed by atoms with Crippen LogP contribution in [0.3, 0.4) is 0 Å². The Morgan fingerprint density at radius 3 is 2.44 bits per heavy atom. The molecule has 0 radical (unpaired) electrons. The van der Waals surface area contributed by atoms with Crippen LogP contribution in [0.15, 0.2) is 42.5 Å². The summed E-state index contributed by atoms with van der Waals surface area (Å²) < 4.78 is 10.6. The standard InChI is InChI=1S/C20H19ClN2O4/c21-15-2-4-16(5-3-15)22-19(24)13-7-9-23(10-8-13)20(25)14-1-6-17-18(11-14)27-12-26-17/h1-6,11,13H,7-10,12H2,(H,22,24). The summed E-state index contributed by atoms with van der Waals surface area (Å²) in [7, 11) is 0. The van der Waals surface area contributed by atoms with E-state index in [1.807, 2.05) is 0 Å². The van der Waals surface area contributed by atoms with E-state index in [-0.39, 0.29) is 24.5 Å². The molecule has 0 aliphatic carbocycles. The number of benzene rings is 2. The lowest BCUT2D eigenvalue weighted by Gasteiger charge is -2.31. The first-order valence-corrected chi connectivity index (χ1v) is 9.23. The molecule has 4 rings (SSSR count). The first-order chi connectivity index (χ1) is 13.1. The fourth-order valence-corrected chi connectivity index (χ4v) is 3.46. The second kappa shape index (κ2) is 7.48. The Morgan fingerprint density at radius 1 is 1.00 bits per heavy atom. The number of nitrogens with one attached hydrogen (secondary N) is 1. The fraction of sp³-hybridized carbons (Fsp3) is 0.300. The summed E-state index contributed by atoms with van der Waals surface area (Å²) >= 11 is 5.86. The first kappa shape index (κ1) is 17.7. The molecule has 27 heavy (non-hydrogen) atoms. The molecule has 0 bridgehead atoms. The summed E-state index contributed by atoms with van der Waals surface area (Å²) in [6.45, 7) is 1.28. The molecule has 1 N–H and O–H groups in total. The van der Waals surface area contributed by atoms with E-state index >= 15 is 0 Å². The molecule has 140 valence electrons. The van der Waals surface area contributed by atoms with Crippen LogP contribution in [0, 0.1) is 5.92 Å². The highest BCUT2D eigenvalue weighted by Gasteiger charge is 2.28. The van der Waals surface area contributed by atoms with Crippen molar-refractivity contribution in [3.8, 4) is 11.5 Å². The van der Waals surface area contributed by atoms with Gasteiger partial charge in [0.2, 0.25) is 12.7 Å². The zero-order valence-electron chi connectivity index (χ0n) is 14.6. The molecule has 2 aromatic rings. The van der Waals surface area contributed by atoms with Crippen LogP contribution in [0.5, 0.6) is 11.5 Å². The van der Waals surface area contributed by atoms with Gasteiger partial charge in [-0.3, -0.25) is 9.59 Å². The highest BCUT2D eigenvalue weighted by molar-refractivity contribution is 6.30. The molecular formula is C20H19ClN2O4. The summed E-state index contributed by atoms with van der Waals surface area (Å²) in [4.78, 5) is 26.9. The van der Waals surface area contributed by atoms with Crippen LogP contribution in [0.1, 0.15) is 23.2 Å². The molecule has 1 fully saturated rings. The summed E-state index contributed by atoms with van der Waals surface area (Å²) in [5.41, 5.74) is 1.30. The van der Waals surface area contributed by atoms with Crippen molar-refractivity contribution in [2.45, 2.75) is 12.8 Å². The Bertz CT molecular complexity index is 861. The number of piperidine rings is 1. The minimum Gasteiger partial charge on any atom is -0.454 e. The molecule has 0 atom stereocenters. The van der Waals surface area contributed by atoms with Crippen LogP contribution in [0.2, 0.25) is 5.02 Å². The highest BCUT2D eigenvalue weighted by Crippen LogP contribution is 2.33. The third-order valence-electron chi connectivity index (χ3n) is 4.88.